The molecular weight excluding hydrogens is 340 g/mol. The van der Waals surface area contributed by atoms with Crippen molar-refractivity contribution in [2.45, 2.75) is 23.0 Å². The van der Waals surface area contributed by atoms with Crippen LogP contribution in [0.1, 0.15) is 0 Å². The zero-order chi connectivity index (χ0) is 16.8. The van der Waals surface area contributed by atoms with Gasteiger partial charge in [0.05, 0.1) is 11.5 Å². The van der Waals surface area contributed by atoms with Crippen molar-refractivity contribution in [3.05, 3.63) is 30.3 Å². The summed E-state index contributed by atoms with van der Waals surface area (Å²) in [6, 6.07) is 5.57. The third kappa shape index (κ3) is 2.36. The molecule has 1 aromatic rings. The van der Waals surface area contributed by atoms with E-state index >= 15 is 0 Å². The van der Waals surface area contributed by atoms with Crippen molar-refractivity contribution < 1.29 is 39.5 Å². The van der Waals surface area contributed by atoms with Gasteiger partial charge in [0.25, 0.3) is 0 Å². The molecule has 22 heavy (non-hydrogen) atoms. The molecule has 11 heteroatoms. The van der Waals surface area contributed by atoms with Crippen molar-refractivity contribution in [2.75, 3.05) is 13.2 Å². The largest absolute Gasteiger partial charge is 0.441 e. The first kappa shape index (κ1) is 17.0. The van der Waals surface area contributed by atoms with E-state index in [1.807, 2.05) is 0 Å². The predicted octanol–water partition coefficient (Wildman–Crippen LogP) is 2.53. The van der Waals surface area contributed by atoms with Gasteiger partial charge in [0.15, 0.2) is 0 Å². The van der Waals surface area contributed by atoms with Crippen LogP contribution in [0.5, 0.6) is 0 Å². The maximum absolute atomic E-state index is 13.1. The summed E-state index contributed by atoms with van der Waals surface area (Å²) in [5, 5.41) is 0. The number of ether oxygens (including phenoxy) is 1. The molecule has 1 aromatic carbocycles. The molecule has 0 saturated carbocycles. The van der Waals surface area contributed by atoms with Crippen LogP contribution in [0.15, 0.2) is 35.2 Å². The summed E-state index contributed by atoms with van der Waals surface area (Å²) in [5.74, 6) is 0. The average Bonchev–Trinajstić information content (AvgIpc) is 2.85. The summed E-state index contributed by atoms with van der Waals surface area (Å²) >= 11 is 0. The molecule has 0 amide bonds. The van der Waals surface area contributed by atoms with Gasteiger partial charge in [-0.25, -0.2) is 8.42 Å². The first-order chi connectivity index (χ1) is 9.94. The van der Waals surface area contributed by atoms with E-state index in [1.54, 1.807) is 0 Å². The number of hydrogen-bond acceptors (Lipinski definition) is 3. The maximum Gasteiger partial charge on any atom is 0.441 e. The van der Waals surface area contributed by atoms with Crippen LogP contribution in [-0.4, -0.2) is 44.0 Å². The molecule has 0 spiro atoms. The summed E-state index contributed by atoms with van der Waals surface area (Å²) < 4.78 is 106. The lowest BCUT2D eigenvalue weighted by molar-refractivity contribution is -0.394. The highest BCUT2D eigenvalue weighted by Gasteiger charge is 2.79. The van der Waals surface area contributed by atoms with Gasteiger partial charge >= 0.3 is 18.1 Å². The van der Waals surface area contributed by atoms with Crippen LogP contribution in [-0.2, 0) is 14.8 Å². The van der Waals surface area contributed by atoms with Crippen LogP contribution in [0.25, 0.3) is 0 Å². The number of hydrogen-bond donors (Lipinski definition) is 0. The van der Waals surface area contributed by atoms with Crippen molar-refractivity contribution >= 4 is 10.0 Å². The van der Waals surface area contributed by atoms with Crippen LogP contribution < -0.4 is 0 Å². The topological polar surface area (TPSA) is 46.6 Å². The Balaban J connectivity index is 2.64. The Morgan fingerprint density at radius 1 is 1.00 bits per heavy atom. The van der Waals surface area contributed by atoms with Crippen molar-refractivity contribution in [3.8, 4) is 0 Å². The Kier molecular flexibility index (Phi) is 3.95. The summed E-state index contributed by atoms with van der Waals surface area (Å²) in [6.07, 6.45) is -12.0. The molecule has 0 atom stereocenters. The van der Waals surface area contributed by atoms with E-state index in [0.29, 0.717) is 0 Å². The van der Waals surface area contributed by atoms with Gasteiger partial charge in [-0.1, -0.05) is 18.2 Å². The number of nitrogens with zero attached hydrogens (tertiary/aromatic N) is 1. The molecular formula is C11H9F6NO3S. The first-order valence-corrected chi connectivity index (χ1v) is 7.24. The molecule has 0 N–H and O–H groups in total. The predicted molar refractivity (Wildman–Crippen MR) is 61.1 cm³/mol. The minimum Gasteiger partial charge on any atom is -0.343 e. The fraction of sp³-hybridized carbons (Fsp3) is 0.455. The highest BCUT2D eigenvalue weighted by atomic mass is 32.2. The van der Waals surface area contributed by atoms with Crippen LogP contribution in [0.3, 0.4) is 0 Å². The molecule has 1 fully saturated rings. The monoisotopic (exact) mass is 349 g/mol. The van der Waals surface area contributed by atoms with Crippen LogP contribution in [0, 0.1) is 0 Å². The van der Waals surface area contributed by atoms with Gasteiger partial charge in [0.2, 0.25) is 10.0 Å². The van der Waals surface area contributed by atoms with E-state index in [9.17, 15) is 34.8 Å². The molecule has 124 valence electrons. The molecule has 4 nitrogen and oxygen atoms in total. The number of sulfonamides is 1. The van der Waals surface area contributed by atoms with Gasteiger partial charge in [-0.15, -0.1) is 4.31 Å². The highest BCUT2D eigenvalue weighted by molar-refractivity contribution is 7.89. The standard InChI is InChI=1S/C11H9F6NO3S/c12-10(13,14)9(11(15,16)17)18(6-7-21-9)22(19,20)8-4-2-1-3-5-8/h1-5H,6-7H2. The molecule has 1 aliphatic rings. The smallest absolute Gasteiger partial charge is 0.343 e. The number of benzene rings is 1. The second-order valence-electron chi connectivity index (χ2n) is 4.38. The molecule has 1 saturated heterocycles. The molecule has 0 unspecified atom stereocenters. The molecule has 0 aliphatic carbocycles. The summed E-state index contributed by atoms with van der Waals surface area (Å²) in [5.41, 5.74) is -4.88. The number of rotatable bonds is 2. The Morgan fingerprint density at radius 3 is 1.95 bits per heavy atom. The van der Waals surface area contributed by atoms with E-state index in [1.165, 1.54) is 18.2 Å². The third-order valence-electron chi connectivity index (χ3n) is 3.06. The molecule has 0 bridgehead atoms. The van der Waals surface area contributed by atoms with E-state index in [-0.39, 0.29) is 0 Å². The summed E-state index contributed by atoms with van der Waals surface area (Å²) in [7, 11) is -5.04. The van der Waals surface area contributed by atoms with Gasteiger partial charge in [0, 0.05) is 6.54 Å². The fourth-order valence-electron chi connectivity index (χ4n) is 2.12. The second-order valence-corrected chi connectivity index (χ2v) is 6.24. The molecule has 1 aliphatic heterocycles. The highest BCUT2D eigenvalue weighted by Crippen LogP contribution is 2.51. The van der Waals surface area contributed by atoms with Crippen LogP contribution in [0.2, 0.25) is 0 Å². The van der Waals surface area contributed by atoms with Crippen molar-refractivity contribution in [2.24, 2.45) is 0 Å². The Labute approximate surface area is 121 Å². The van der Waals surface area contributed by atoms with Crippen LogP contribution in [0.4, 0.5) is 26.3 Å². The number of halogens is 6. The minimum atomic E-state index is -5.98. The van der Waals surface area contributed by atoms with Gasteiger partial charge in [0.1, 0.15) is 0 Å². The first-order valence-electron chi connectivity index (χ1n) is 5.80. The van der Waals surface area contributed by atoms with Gasteiger partial charge in [-0.05, 0) is 12.1 Å². The SMILES string of the molecule is O=S(=O)(c1ccccc1)N1CCOC1(C(F)(F)F)C(F)(F)F. The average molecular weight is 349 g/mol. The third-order valence-corrected chi connectivity index (χ3v) is 4.94. The quantitative estimate of drug-likeness (QED) is 0.771. The van der Waals surface area contributed by atoms with Gasteiger partial charge in [-0.2, -0.15) is 26.3 Å². The Morgan fingerprint density at radius 2 is 1.50 bits per heavy atom. The van der Waals surface area contributed by atoms with Crippen molar-refractivity contribution in [1.82, 2.24) is 4.31 Å². The Bertz CT molecular complexity index is 626. The number of alkyl halides is 6. The lowest BCUT2D eigenvalue weighted by atomic mass is 10.2. The second kappa shape index (κ2) is 5.10. The zero-order valence-corrected chi connectivity index (χ0v) is 11.5. The Hall–Kier alpha value is -1.33. The van der Waals surface area contributed by atoms with Crippen LogP contribution >= 0.6 is 0 Å². The summed E-state index contributed by atoms with van der Waals surface area (Å²) in [6.45, 7) is -2.08. The van der Waals surface area contributed by atoms with E-state index in [2.05, 4.69) is 4.74 Å². The normalized spacial score (nSPS) is 20.3. The van der Waals surface area contributed by atoms with Gasteiger partial charge in [-0.3, -0.25) is 0 Å². The van der Waals surface area contributed by atoms with E-state index < -0.39 is 50.5 Å². The van der Waals surface area contributed by atoms with Crippen molar-refractivity contribution in [3.63, 3.8) is 0 Å². The fourth-order valence-corrected chi connectivity index (χ4v) is 3.79. The molecule has 2 rings (SSSR count). The molecule has 1 heterocycles. The van der Waals surface area contributed by atoms with Gasteiger partial charge < -0.3 is 4.74 Å². The van der Waals surface area contributed by atoms with Crippen molar-refractivity contribution in [1.29, 1.82) is 0 Å². The molecule has 0 radical (unpaired) electrons. The lowest BCUT2D eigenvalue weighted by Gasteiger charge is -2.38. The zero-order valence-electron chi connectivity index (χ0n) is 10.6. The maximum atomic E-state index is 13.1. The molecule has 0 aromatic heterocycles. The van der Waals surface area contributed by atoms with E-state index in [0.717, 1.165) is 12.1 Å². The minimum absolute atomic E-state index is 0.682. The lowest BCUT2D eigenvalue weighted by Crippen LogP contribution is -2.66. The van der Waals surface area contributed by atoms with E-state index in [4.69, 9.17) is 0 Å². The summed E-state index contributed by atoms with van der Waals surface area (Å²) in [4.78, 5) is -0.682.